The van der Waals surface area contributed by atoms with E-state index in [1.54, 1.807) is 11.6 Å². The Morgan fingerprint density at radius 3 is 2.19 bits per heavy atom. The molecule has 0 amide bonds. The molecule has 0 aliphatic heterocycles. The van der Waals surface area contributed by atoms with Gasteiger partial charge in [-0.2, -0.15) is 5.10 Å². The predicted octanol–water partition coefficient (Wildman–Crippen LogP) is 3.52. The minimum Gasteiger partial charge on any atom is -0.294 e. The maximum absolute atomic E-state index is 12.9. The van der Waals surface area contributed by atoms with Crippen LogP contribution in [0.25, 0.3) is 5.69 Å². The summed E-state index contributed by atoms with van der Waals surface area (Å²) in [5.74, 6) is -0.724. The number of hydrogen-bond donors (Lipinski definition) is 0. The van der Waals surface area contributed by atoms with E-state index in [4.69, 9.17) is 0 Å². The van der Waals surface area contributed by atoms with Crippen LogP contribution < -0.4 is 0 Å². The second kappa shape index (κ2) is 6.72. The summed E-state index contributed by atoms with van der Waals surface area (Å²) >= 11 is 0. The summed E-state index contributed by atoms with van der Waals surface area (Å²) in [4.78, 5) is 35.2. The minimum atomic E-state index is -0.538. The van der Waals surface area contributed by atoms with Gasteiger partial charge in [0.2, 0.25) is 5.78 Å². The van der Waals surface area contributed by atoms with Gasteiger partial charge in [-0.3, -0.25) is 19.7 Å². The van der Waals surface area contributed by atoms with E-state index in [0.29, 0.717) is 5.69 Å². The Morgan fingerprint density at radius 2 is 1.65 bits per heavy atom. The van der Waals surface area contributed by atoms with Gasteiger partial charge >= 0.3 is 0 Å². The molecule has 26 heavy (non-hydrogen) atoms. The first-order valence-electron chi connectivity index (χ1n) is 7.85. The molecule has 1 heterocycles. The molecular weight excluding hydrogens is 334 g/mol. The number of rotatable bonds is 5. The third-order valence-corrected chi connectivity index (χ3v) is 4.02. The Morgan fingerprint density at radius 1 is 1.04 bits per heavy atom. The number of nitro groups is 1. The first kappa shape index (κ1) is 17.2. The molecule has 130 valence electrons. The zero-order valence-electron chi connectivity index (χ0n) is 14.2. The molecule has 0 aliphatic carbocycles. The van der Waals surface area contributed by atoms with Crippen molar-refractivity contribution < 1.29 is 14.5 Å². The average molecular weight is 349 g/mol. The smallest absolute Gasteiger partial charge is 0.269 e. The van der Waals surface area contributed by atoms with Crippen molar-refractivity contribution in [2.75, 3.05) is 0 Å². The SMILES string of the molecule is CC(=O)c1c(C(=O)c2ccc([N+](=O)[O-])cc2)nn(-c2ccccc2)c1C. The highest BCUT2D eigenvalue weighted by molar-refractivity contribution is 6.14. The quantitative estimate of drug-likeness (QED) is 0.399. The summed E-state index contributed by atoms with van der Waals surface area (Å²) in [6, 6.07) is 14.4. The van der Waals surface area contributed by atoms with Crippen LogP contribution in [0.15, 0.2) is 54.6 Å². The highest BCUT2D eigenvalue weighted by atomic mass is 16.6. The zero-order valence-corrected chi connectivity index (χ0v) is 14.2. The molecule has 0 N–H and O–H groups in total. The number of nitro benzene ring substituents is 1. The van der Waals surface area contributed by atoms with Crippen molar-refractivity contribution in [2.45, 2.75) is 13.8 Å². The standard InChI is InChI=1S/C19H15N3O4/c1-12-17(13(2)23)18(20-21(12)15-6-4-3-5-7-15)19(24)14-8-10-16(11-9-14)22(25)26/h3-11H,1-2H3. The normalized spacial score (nSPS) is 10.5. The fraction of sp³-hybridized carbons (Fsp3) is 0.105. The molecule has 0 saturated heterocycles. The van der Waals surface area contributed by atoms with Crippen LogP contribution >= 0.6 is 0 Å². The van der Waals surface area contributed by atoms with E-state index in [1.165, 1.54) is 31.2 Å². The van der Waals surface area contributed by atoms with Crippen LogP contribution in [-0.4, -0.2) is 26.3 Å². The maximum atomic E-state index is 12.9. The maximum Gasteiger partial charge on any atom is 0.269 e. The Labute approximate surface area is 149 Å². The van der Waals surface area contributed by atoms with Gasteiger partial charge in [0.25, 0.3) is 5.69 Å². The van der Waals surface area contributed by atoms with Gasteiger partial charge in [-0.25, -0.2) is 4.68 Å². The van der Waals surface area contributed by atoms with Crippen LogP contribution in [-0.2, 0) is 0 Å². The van der Waals surface area contributed by atoms with E-state index in [1.807, 2.05) is 30.3 Å². The number of carbonyl (C=O) groups excluding carboxylic acids is 2. The second-order valence-electron chi connectivity index (χ2n) is 5.75. The molecule has 7 heteroatoms. The molecule has 0 fully saturated rings. The van der Waals surface area contributed by atoms with Gasteiger partial charge in [0.1, 0.15) is 5.69 Å². The lowest BCUT2D eigenvalue weighted by molar-refractivity contribution is -0.384. The molecule has 0 spiro atoms. The highest BCUT2D eigenvalue weighted by Gasteiger charge is 2.25. The molecule has 0 saturated carbocycles. The zero-order chi connectivity index (χ0) is 18.8. The van der Waals surface area contributed by atoms with Crippen molar-refractivity contribution in [3.63, 3.8) is 0 Å². The van der Waals surface area contributed by atoms with Gasteiger partial charge < -0.3 is 0 Å². The van der Waals surface area contributed by atoms with Crippen molar-refractivity contribution in [1.82, 2.24) is 9.78 Å². The summed E-state index contributed by atoms with van der Waals surface area (Å²) < 4.78 is 1.55. The molecule has 0 bridgehead atoms. The molecule has 0 unspecified atom stereocenters. The van der Waals surface area contributed by atoms with Crippen LogP contribution in [0.2, 0.25) is 0 Å². The lowest BCUT2D eigenvalue weighted by atomic mass is 10.0. The number of nitrogens with zero attached hydrogens (tertiary/aromatic N) is 3. The second-order valence-corrected chi connectivity index (χ2v) is 5.75. The van der Waals surface area contributed by atoms with Crippen LogP contribution in [0, 0.1) is 17.0 Å². The summed E-state index contributed by atoms with van der Waals surface area (Å²) in [6.45, 7) is 3.11. The highest BCUT2D eigenvalue weighted by Crippen LogP contribution is 2.22. The number of hydrogen-bond acceptors (Lipinski definition) is 5. The van der Waals surface area contributed by atoms with E-state index < -0.39 is 10.7 Å². The van der Waals surface area contributed by atoms with Gasteiger partial charge in [0, 0.05) is 17.7 Å². The van der Waals surface area contributed by atoms with Gasteiger partial charge in [0.05, 0.1) is 21.9 Å². The lowest BCUT2D eigenvalue weighted by Crippen LogP contribution is -2.08. The van der Waals surface area contributed by atoms with Crippen molar-refractivity contribution in [3.8, 4) is 5.69 Å². The Hall–Kier alpha value is -3.61. The van der Waals surface area contributed by atoms with Gasteiger partial charge in [-0.1, -0.05) is 18.2 Å². The molecule has 0 atom stereocenters. The number of carbonyl (C=O) groups is 2. The summed E-state index contributed by atoms with van der Waals surface area (Å²) in [6.07, 6.45) is 0. The molecule has 3 rings (SSSR count). The third kappa shape index (κ3) is 3.02. The molecule has 2 aromatic carbocycles. The first-order chi connectivity index (χ1) is 12.4. The fourth-order valence-corrected chi connectivity index (χ4v) is 2.77. The molecule has 0 aliphatic rings. The van der Waals surface area contributed by atoms with Crippen LogP contribution in [0.3, 0.4) is 0 Å². The van der Waals surface area contributed by atoms with Gasteiger partial charge in [0.15, 0.2) is 5.78 Å². The lowest BCUT2D eigenvalue weighted by Gasteiger charge is -2.03. The van der Waals surface area contributed by atoms with Crippen molar-refractivity contribution >= 4 is 17.3 Å². The number of para-hydroxylation sites is 1. The topological polar surface area (TPSA) is 95.1 Å². The summed E-state index contributed by atoms with van der Waals surface area (Å²) in [5.41, 5.74) is 1.70. The van der Waals surface area contributed by atoms with E-state index in [0.717, 1.165) is 5.69 Å². The minimum absolute atomic E-state index is 0.0349. The fourth-order valence-electron chi connectivity index (χ4n) is 2.77. The van der Waals surface area contributed by atoms with Crippen LogP contribution in [0.5, 0.6) is 0 Å². The number of Topliss-reactive ketones (excluding diaryl/α,β-unsaturated/α-hetero) is 1. The number of ketones is 2. The number of non-ortho nitro benzene ring substituents is 1. The van der Waals surface area contributed by atoms with Crippen molar-refractivity contribution in [3.05, 3.63) is 87.2 Å². The van der Waals surface area contributed by atoms with E-state index >= 15 is 0 Å². The van der Waals surface area contributed by atoms with Gasteiger partial charge in [-0.05, 0) is 38.1 Å². The van der Waals surface area contributed by atoms with E-state index in [2.05, 4.69) is 5.10 Å². The average Bonchev–Trinajstić information content (AvgIpc) is 2.99. The van der Waals surface area contributed by atoms with E-state index in [-0.39, 0.29) is 28.3 Å². The largest absolute Gasteiger partial charge is 0.294 e. The van der Waals surface area contributed by atoms with Gasteiger partial charge in [-0.15, -0.1) is 0 Å². The molecule has 1 aromatic heterocycles. The first-order valence-corrected chi connectivity index (χ1v) is 7.85. The Bertz CT molecular complexity index is 1010. The number of aromatic nitrogens is 2. The molecule has 0 radical (unpaired) electrons. The molecule has 3 aromatic rings. The van der Waals surface area contributed by atoms with Crippen LogP contribution in [0.1, 0.15) is 39.0 Å². The Balaban J connectivity index is 2.10. The molecular formula is C19H15N3O4. The Kier molecular flexibility index (Phi) is 4.45. The monoisotopic (exact) mass is 349 g/mol. The molecule has 7 nitrogen and oxygen atoms in total. The van der Waals surface area contributed by atoms with Crippen molar-refractivity contribution in [2.24, 2.45) is 0 Å². The van der Waals surface area contributed by atoms with Crippen molar-refractivity contribution in [1.29, 1.82) is 0 Å². The van der Waals surface area contributed by atoms with Crippen LogP contribution in [0.4, 0.5) is 5.69 Å². The third-order valence-electron chi connectivity index (χ3n) is 4.02. The summed E-state index contributed by atoms with van der Waals surface area (Å²) in [7, 11) is 0. The van der Waals surface area contributed by atoms with E-state index in [9.17, 15) is 19.7 Å². The summed E-state index contributed by atoms with van der Waals surface area (Å²) in [5, 5.41) is 15.1. The predicted molar refractivity (Wildman–Crippen MR) is 94.8 cm³/mol. The number of benzene rings is 2.